The molecule has 0 aliphatic heterocycles. The zero-order valence-electron chi connectivity index (χ0n) is 14.5. The summed E-state index contributed by atoms with van der Waals surface area (Å²) in [5.74, 6) is 1.11. The number of hydrogen-bond donors (Lipinski definition) is 1. The number of furan rings is 1. The number of fused-ring (bicyclic) bond motifs is 1. The van der Waals surface area contributed by atoms with Gasteiger partial charge in [-0.3, -0.25) is 4.79 Å². The number of rotatable bonds is 5. The maximum atomic E-state index is 12.1. The second-order valence-electron chi connectivity index (χ2n) is 6.21. The van der Waals surface area contributed by atoms with Crippen molar-refractivity contribution in [1.29, 1.82) is 0 Å². The normalized spacial score (nSPS) is 11.0. The summed E-state index contributed by atoms with van der Waals surface area (Å²) in [5, 5.41) is 2.86. The molecule has 4 rings (SSSR count). The van der Waals surface area contributed by atoms with Gasteiger partial charge in [-0.2, -0.15) is 0 Å². The zero-order valence-corrected chi connectivity index (χ0v) is 14.5. The van der Waals surface area contributed by atoms with Crippen molar-refractivity contribution in [2.24, 2.45) is 7.05 Å². The van der Waals surface area contributed by atoms with E-state index in [1.54, 1.807) is 12.1 Å². The molecule has 0 aliphatic rings. The third-order valence-electron chi connectivity index (χ3n) is 4.45. The van der Waals surface area contributed by atoms with Gasteiger partial charge in [0, 0.05) is 19.2 Å². The maximum Gasteiger partial charge on any atom is 0.291 e. The number of aromatic nitrogens is 2. The molecule has 4 aromatic rings. The Labute approximate surface area is 151 Å². The molecule has 0 atom stereocenters. The lowest BCUT2D eigenvalue weighted by Gasteiger charge is -2.07. The van der Waals surface area contributed by atoms with Crippen molar-refractivity contribution >= 4 is 22.6 Å². The van der Waals surface area contributed by atoms with E-state index in [9.17, 15) is 4.79 Å². The molecule has 130 valence electrons. The number of para-hydroxylation sites is 2. The highest BCUT2D eigenvalue weighted by Crippen LogP contribution is 2.18. The van der Waals surface area contributed by atoms with Crippen molar-refractivity contribution in [3.8, 4) is 0 Å². The van der Waals surface area contributed by atoms with E-state index in [1.165, 1.54) is 6.26 Å². The van der Waals surface area contributed by atoms with Crippen LogP contribution >= 0.6 is 0 Å². The Morgan fingerprint density at radius 3 is 2.77 bits per heavy atom. The molecule has 0 fully saturated rings. The number of hydrogen-bond acceptors (Lipinski definition) is 3. The molecule has 0 bridgehead atoms. The van der Waals surface area contributed by atoms with Crippen LogP contribution in [-0.4, -0.2) is 15.5 Å². The predicted molar refractivity (Wildman–Crippen MR) is 101 cm³/mol. The van der Waals surface area contributed by atoms with Gasteiger partial charge in [0.2, 0.25) is 0 Å². The molecule has 0 unspecified atom stereocenters. The van der Waals surface area contributed by atoms with E-state index < -0.39 is 0 Å². The smallest absolute Gasteiger partial charge is 0.291 e. The molecule has 2 aromatic carbocycles. The van der Waals surface area contributed by atoms with Gasteiger partial charge >= 0.3 is 0 Å². The average molecular weight is 345 g/mol. The minimum atomic E-state index is -0.248. The van der Waals surface area contributed by atoms with Crippen molar-refractivity contribution in [3.05, 3.63) is 84.1 Å². The van der Waals surface area contributed by atoms with E-state index in [2.05, 4.69) is 22.0 Å². The highest BCUT2D eigenvalue weighted by molar-refractivity contribution is 6.02. The Balaban J connectivity index is 1.46. The van der Waals surface area contributed by atoms with Crippen molar-refractivity contribution in [2.75, 3.05) is 5.32 Å². The largest absolute Gasteiger partial charge is 0.459 e. The summed E-state index contributed by atoms with van der Waals surface area (Å²) in [7, 11) is 2.05. The Morgan fingerprint density at radius 1 is 1.08 bits per heavy atom. The van der Waals surface area contributed by atoms with Crippen LogP contribution in [-0.2, 0) is 19.9 Å². The van der Waals surface area contributed by atoms with E-state index >= 15 is 0 Å². The number of amides is 1. The summed E-state index contributed by atoms with van der Waals surface area (Å²) in [6.45, 7) is 0. The highest BCUT2D eigenvalue weighted by Gasteiger charge is 2.10. The van der Waals surface area contributed by atoms with Crippen LogP contribution in [0.4, 0.5) is 5.69 Å². The number of anilines is 1. The summed E-state index contributed by atoms with van der Waals surface area (Å²) in [6, 6.07) is 19.4. The third kappa shape index (κ3) is 3.24. The Hall–Kier alpha value is -3.34. The second-order valence-corrected chi connectivity index (χ2v) is 6.21. The van der Waals surface area contributed by atoms with Crippen LogP contribution in [0.15, 0.2) is 71.3 Å². The molecule has 2 aromatic heterocycles. The summed E-state index contributed by atoms with van der Waals surface area (Å²) < 4.78 is 7.26. The first-order valence-electron chi connectivity index (χ1n) is 8.55. The molecule has 2 heterocycles. The molecule has 0 saturated heterocycles. The molecule has 0 spiro atoms. The Morgan fingerprint density at radius 2 is 1.96 bits per heavy atom. The van der Waals surface area contributed by atoms with Crippen LogP contribution in [0.25, 0.3) is 11.0 Å². The standard InChI is InChI=1S/C21H19N3O2/c1-24-18-9-3-2-8-17(18)23-20(24)12-11-15-6-4-7-16(14-15)22-21(25)19-10-5-13-26-19/h2-10,13-14H,11-12H2,1H3,(H,22,25). The summed E-state index contributed by atoms with van der Waals surface area (Å²) in [6.07, 6.45) is 3.17. The van der Waals surface area contributed by atoms with Crippen LogP contribution in [0.2, 0.25) is 0 Å². The quantitative estimate of drug-likeness (QED) is 0.589. The van der Waals surface area contributed by atoms with E-state index in [1.807, 2.05) is 43.4 Å². The fourth-order valence-corrected chi connectivity index (χ4v) is 3.08. The fraction of sp³-hybridized carbons (Fsp3) is 0.143. The number of carbonyl (C=O) groups is 1. The number of carbonyl (C=O) groups excluding carboxylic acids is 1. The Bertz CT molecular complexity index is 1050. The molecule has 0 saturated carbocycles. The van der Waals surface area contributed by atoms with Crippen molar-refractivity contribution in [3.63, 3.8) is 0 Å². The van der Waals surface area contributed by atoms with Gasteiger partial charge in [0.15, 0.2) is 5.76 Å². The number of nitrogens with zero attached hydrogens (tertiary/aromatic N) is 2. The first kappa shape index (κ1) is 16.1. The second kappa shape index (κ2) is 6.88. The van der Waals surface area contributed by atoms with Gasteiger partial charge < -0.3 is 14.3 Å². The molecular formula is C21H19N3O2. The first-order valence-corrected chi connectivity index (χ1v) is 8.55. The minimum absolute atomic E-state index is 0.248. The van der Waals surface area contributed by atoms with Crippen molar-refractivity contribution < 1.29 is 9.21 Å². The fourth-order valence-electron chi connectivity index (χ4n) is 3.08. The summed E-state index contributed by atoms with van der Waals surface area (Å²) >= 11 is 0. The van der Waals surface area contributed by atoms with Crippen LogP contribution in [0.3, 0.4) is 0 Å². The number of nitrogens with one attached hydrogen (secondary N) is 1. The monoisotopic (exact) mass is 345 g/mol. The van der Waals surface area contributed by atoms with Gasteiger partial charge in [0.1, 0.15) is 5.82 Å². The van der Waals surface area contributed by atoms with Crippen LogP contribution < -0.4 is 5.32 Å². The molecule has 0 aliphatic carbocycles. The Kier molecular flexibility index (Phi) is 4.27. The molecule has 5 heteroatoms. The third-order valence-corrected chi connectivity index (χ3v) is 4.45. The minimum Gasteiger partial charge on any atom is -0.459 e. The van der Waals surface area contributed by atoms with Crippen LogP contribution in [0.5, 0.6) is 0 Å². The van der Waals surface area contributed by atoms with Crippen LogP contribution in [0, 0.1) is 0 Å². The average Bonchev–Trinajstić information content (AvgIpc) is 3.29. The number of aryl methyl sites for hydroxylation is 3. The number of benzene rings is 2. The first-order chi connectivity index (χ1) is 12.7. The summed E-state index contributed by atoms with van der Waals surface area (Å²) in [5.41, 5.74) is 4.06. The molecular weight excluding hydrogens is 326 g/mol. The van der Waals surface area contributed by atoms with E-state index in [4.69, 9.17) is 9.40 Å². The van der Waals surface area contributed by atoms with Crippen molar-refractivity contribution in [2.45, 2.75) is 12.8 Å². The van der Waals surface area contributed by atoms with Gasteiger partial charge in [0.25, 0.3) is 5.91 Å². The summed E-state index contributed by atoms with van der Waals surface area (Å²) in [4.78, 5) is 16.8. The topological polar surface area (TPSA) is 60.1 Å². The van der Waals surface area contributed by atoms with E-state index in [-0.39, 0.29) is 5.91 Å². The number of imidazole rings is 1. The van der Waals surface area contributed by atoms with Gasteiger partial charge in [0.05, 0.1) is 17.3 Å². The molecule has 26 heavy (non-hydrogen) atoms. The van der Waals surface area contributed by atoms with Gasteiger partial charge in [-0.25, -0.2) is 4.98 Å². The lowest BCUT2D eigenvalue weighted by atomic mass is 10.1. The van der Waals surface area contributed by atoms with Crippen molar-refractivity contribution in [1.82, 2.24) is 9.55 Å². The predicted octanol–water partition coefficient (Wildman–Crippen LogP) is 4.20. The van der Waals surface area contributed by atoms with Gasteiger partial charge in [-0.1, -0.05) is 24.3 Å². The van der Waals surface area contributed by atoms with E-state index in [0.29, 0.717) is 5.76 Å². The molecule has 1 N–H and O–H groups in total. The maximum absolute atomic E-state index is 12.1. The molecule has 5 nitrogen and oxygen atoms in total. The van der Waals surface area contributed by atoms with Gasteiger partial charge in [-0.05, 0) is 48.4 Å². The molecule has 1 amide bonds. The van der Waals surface area contributed by atoms with E-state index in [0.717, 1.165) is 41.0 Å². The van der Waals surface area contributed by atoms with Gasteiger partial charge in [-0.15, -0.1) is 0 Å². The SMILES string of the molecule is Cn1c(CCc2cccc(NC(=O)c3ccco3)c2)nc2ccccc21. The lowest BCUT2D eigenvalue weighted by molar-refractivity contribution is 0.0996. The highest BCUT2D eigenvalue weighted by atomic mass is 16.3. The van der Waals surface area contributed by atoms with Crippen LogP contribution in [0.1, 0.15) is 21.9 Å². The molecule has 0 radical (unpaired) electrons. The lowest BCUT2D eigenvalue weighted by Crippen LogP contribution is -2.11. The zero-order chi connectivity index (χ0) is 17.9.